The molecule has 0 amide bonds. The predicted molar refractivity (Wildman–Crippen MR) is 80.6 cm³/mol. The van der Waals surface area contributed by atoms with Gasteiger partial charge in [-0.3, -0.25) is 0 Å². The number of hydrogen-bond acceptors (Lipinski definition) is 3. The van der Waals surface area contributed by atoms with Gasteiger partial charge in [-0.1, -0.05) is 41.9 Å². The predicted octanol–water partition coefficient (Wildman–Crippen LogP) is 4.16. The summed E-state index contributed by atoms with van der Waals surface area (Å²) in [4.78, 5) is 0. The molecule has 20 heavy (non-hydrogen) atoms. The van der Waals surface area contributed by atoms with Gasteiger partial charge >= 0.3 is 0 Å². The van der Waals surface area contributed by atoms with Crippen molar-refractivity contribution >= 4 is 17.3 Å². The van der Waals surface area contributed by atoms with Crippen LogP contribution < -0.4 is 5.32 Å². The van der Waals surface area contributed by atoms with Gasteiger partial charge in [-0.25, -0.2) is 0 Å². The van der Waals surface area contributed by atoms with E-state index in [1.54, 1.807) is 19.2 Å². The van der Waals surface area contributed by atoms with E-state index in [9.17, 15) is 5.26 Å². The van der Waals surface area contributed by atoms with E-state index in [-0.39, 0.29) is 0 Å². The molecule has 2 rings (SSSR count). The molecular weight excluding hydrogens is 272 g/mol. The molecular formula is C16H15ClN2O. The zero-order chi connectivity index (χ0) is 14.4. The lowest BCUT2D eigenvalue weighted by Gasteiger charge is -2.17. The van der Waals surface area contributed by atoms with Gasteiger partial charge in [0.25, 0.3) is 0 Å². The summed E-state index contributed by atoms with van der Waals surface area (Å²) in [6.45, 7) is 0.478. The number of nitrogens with one attached hydrogen (secondary N) is 1. The van der Waals surface area contributed by atoms with E-state index in [0.29, 0.717) is 11.6 Å². The van der Waals surface area contributed by atoms with Crippen LogP contribution in [0.5, 0.6) is 0 Å². The smallest absolute Gasteiger partial charge is 0.140 e. The fourth-order valence-electron chi connectivity index (χ4n) is 2.03. The van der Waals surface area contributed by atoms with E-state index in [4.69, 9.17) is 16.3 Å². The second kappa shape index (κ2) is 6.95. The highest BCUT2D eigenvalue weighted by Gasteiger charge is 2.14. The topological polar surface area (TPSA) is 45.0 Å². The zero-order valence-corrected chi connectivity index (χ0v) is 11.9. The standard InChI is InChI=1S/C16H15ClN2O/c1-20-11-12-5-2-3-8-15(12)16(10-18)19-14-7-4-6-13(17)9-14/h2-9,16,19H,11H2,1H3. The van der Waals surface area contributed by atoms with Crippen LogP contribution in [0.1, 0.15) is 17.2 Å². The Balaban J connectivity index is 2.27. The van der Waals surface area contributed by atoms with Gasteiger partial charge in [-0.05, 0) is 29.3 Å². The Bertz CT molecular complexity index is 622. The largest absolute Gasteiger partial charge is 0.380 e. The van der Waals surface area contributed by atoms with E-state index >= 15 is 0 Å². The first kappa shape index (κ1) is 14.4. The molecule has 0 radical (unpaired) electrons. The van der Waals surface area contributed by atoms with Gasteiger partial charge in [-0.15, -0.1) is 0 Å². The maximum absolute atomic E-state index is 9.42. The number of hydrogen-bond donors (Lipinski definition) is 1. The van der Waals surface area contributed by atoms with Crippen LogP contribution in [0.4, 0.5) is 5.69 Å². The highest BCUT2D eigenvalue weighted by atomic mass is 35.5. The Morgan fingerprint density at radius 1 is 1.25 bits per heavy atom. The molecule has 0 aliphatic heterocycles. The number of ether oxygens (including phenoxy) is 1. The summed E-state index contributed by atoms with van der Waals surface area (Å²) in [5, 5.41) is 13.2. The molecule has 1 atom stereocenters. The fraction of sp³-hybridized carbons (Fsp3) is 0.188. The second-order valence-electron chi connectivity index (χ2n) is 4.35. The first-order chi connectivity index (χ1) is 9.74. The molecule has 0 heterocycles. The van der Waals surface area contributed by atoms with Gasteiger partial charge in [0.15, 0.2) is 0 Å². The van der Waals surface area contributed by atoms with E-state index in [1.165, 1.54) is 0 Å². The van der Waals surface area contributed by atoms with Crippen molar-refractivity contribution in [3.8, 4) is 6.07 Å². The molecule has 0 aliphatic rings. The van der Waals surface area contributed by atoms with Gasteiger partial charge in [0.05, 0.1) is 12.7 Å². The number of nitriles is 1. The Kier molecular flexibility index (Phi) is 5.00. The van der Waals surface area contributed by atoms with Gasteiger partial charge in [0.2, 0.25) is 0 Å². The van der Waals surface area contributed by atoms with Crippen LogP contribution in [0.2, 0.25) is 5.02 Å². The average molecular weight is 287 g/mol. The Hall–Kier alpha value is -2.02. The molecule has 0 spiro atoms. The van der Waals surface area contributed by atoms with Crippen molar-refractivity contribution in [1.82, 2.24) is 0 Å². The number of nitrogens with zero attached hydrogens (tertiary/aromatic N) is 1. The van der Waals surface area contributed by atoms with Crippen molar-refractivity contribution in [3.63, 3.8) is 0 Å². The number of halogens is 1. The first-order valence-electron chi connectivity index (χ1n) is 6.23. The molecule has 1 N–H and O–H groups in total. The molecule has 3 nitrogen and oxygen atoms in total. The summed E-state index contributed by atoms with van der Waals surface area (Å²) in [5.41, 5.74) is 2.73. The molecule has 2 aromatic rings. The normalized spacial score (nSPS) is 11.7. The molecule has 0 saturated heterocycles. The third-order valence-electron chi connectivity index (χ3n) is 2.93. The Labute approximate surface area is 123 Å². The second-order valence-corrected chi connectivity index (χ2v) is 4.79. The highest BCUT2D eigenvalue weighted by Crippen LogP contribution is 2.24. The average Bonchev–Trinajstić information content (AvgIpc) is 2.46. The van der Waals surface area contributed by atoms with Gasteiger partial charge in [0.1, 0.15) is 6.04 Å². The van der Waals surface area contributed by atoms with Crippen molar-refractivity contribution in [1.29, 1.82) is 5.26 Å². The van der Waals surface area contributed by atoms with Gasteiger partial charge < -0.3 is 10.1 Å². The monoisotopic (exact) mass is 286 g/mol. The minimum atomic E-state index is -0.445. The van der Waals surface area contributed by atoms with Crippen LogP contribution in [-0.2, 0) is 11.3 Å². The van der Waals surface area contributed by atoms with Crippen LogP contribution in [0, 0.1) is 11.3 Å². The summed E-state index contributed by atoms with van der Waals surface area (Å²) in [7, 11) is 1.64. The third kappa shape index (κ3) is 3.51. The molecule has 1 unspecified atom stereocenters. The summed E-state index contributed by atoms with van der Waals surface area (Å²) < 4.78 is 5.17. The van der Waals surface area contributed by atoms with Crippen molar-refractivity contribution in [2.24, 2.45) is 0 Å². The maximum Gasteiger partial charge on any atom is 0.140 e. The summed E-state index contributed by atoms with van der Waals surface area (Å²) in [6.07, 6.45) is 0. The molecule has 0 aromatic heterocycles. The zero-order valence-electron chi connectivity index (χ0n) is 11.1. The Morgan fingerprint density at radius 3 is 2.75 bits per heavy atom. The van der Waals surface area contributed by atoms with Crippen LogP contribution >= 0.6 is 11.6 Å². The van der Waals surface area contributed by atoms with Crippen LogP contribution in [-0.4, -0.2) is 7.11 Å². The highest BCUT2D eigenvalue weighted by molar-refractivity contribution is 6.30. The molecule has 102 valence electrons. The van der Waals surface area contributed by atoms with E-state index in [0.717, 1.165) is 16.8 Å². The van der Waals surface area contributed by atoms with E-state index in [1.807, 2.05) is 36.4 Å². The van der Waals surface area contributed by atoms with E-state index < -0.39 is 6.04 Å². The van der Waals surface area contributed by atoms with Crippen molar-refractivity contribution in [3.05, 3.63) is 64.7 Å². The van der Waals surface area contributed by atoms with Gasteiger partial charge in [0, 0.05) is 17.8 Å². The van der Waals surface area contributed by atoms with Crippen molar-refractivity contribution < 1.29 is 4.74 Å². The number of anilines is 1. The SMILES string of the molecule is COCc1ccccc1C(C#N)Nc1cccc(Cl)c1. The third-order valence-corrected chi connectivity index (χ3v) is 3.17. The summed E-state index contributed by atoms with van der Waals surface area (Å²) in [5.74, 6) is 0. The van der Waals surface area contributed by atoms with E-state index in [2.05, 4.69) is 11.4 Å². The molecule has 0 bridgehead atoms. The van der Waals surface area contributed by atoms with Gasteiger partial charge in [-0.2, -0.15) is 5.26 Å². The lowest BCUT2D eigenvalue weighted by molar-refractivity contribution is 0.184. The minimum absolute atomic E-state index is 0.445. The van der Waals surface area contributed by atoms with Crippen LogP contribution in [0.15, 0.2) is 48.5 Å². The summed E-state index contributed by atoms with van der Waals surface area (Å²) >= 11 is 5.96. The Morgan fingerprint density at radius 2 is 2.05 bits per heavy atom. The van der Waals surface area contributed by atoms with Crippen LogP contribution in [0.3, 0.4) is 0 Å². The molecule has 2 aromatic carbocycles. The quantitative estimate of drug-likeness (QED) is 0.897. The van der Waals surface area contributed by atoms with Crippen LogP contribution in [0.25, 0.3) is 0 Å². The lowest BCUT2D eigenvalue weighted by atomic mass is 10.0. The molecule has 0 saturated carbocycles. The number of rotatable bonds is 5. The minimum Gasteiger partial charge on any atom is -0.380 e. The molecule has 0 fully saturated rings. The first-order valence-corrected chi connectivity index (χ1v) is 6.61. The van der Waals surface area contributed by atoms with Crippen molar-refractivity contribution in [2.75, 3.05) is 12.4 Å². The number of methoxy groups -OCH3 is 1. The molecule has 0 aliphatic carbocycles. The lowest BCUT2D eigenvalue weighted by Crippen LogP contribution is -2.11. The fourth-order valence-corrected chi connectivity index (χ4v) is 2.22. The summed E-state index contributed by atoms with van der Waals surface area (Å²) in [6, 6.07) is 16.9. The molecule has 4 heteroatoms. The maximum atomic E-state index is 9.42. The van der Waals surface area contributed by atoms with Crippen molar-refractivity contribution in [2.45, 2.75) is 12.6 Å². The number of benzene rings is 2.